The van der Waals surface area contributed by atoms with Crippen molar-refractivity contribution in [3.8, 4) is 0 Å². The quantitative estimate of drug-likeness (QED) is 0.299. The van der Waals surface area contributed by atoms with Gasteiger partial charge in [0.1, 0.15) is 0 Å². The Bertz CT molecular complexity index is 227. The summed E-state index contributed by atoms with van der Waals surface area (Å²) >= 11 is 5.44. The van der Waals surface area contributed by atoms with Crippen LogP contribution >= 0.6 is 23.5 Å². The highest BCUT2D eigenvalue weighted by Crippen LogP contribution is 2.07. The van der Waals surface area contributed by atoms with Gasteiger partial charge in [0, 0.05) is 0 Å². The summed E-state index contributed by atoms with van der Waals surface area (Å²) in [5.41, 5.74) is 0. The molecule has 13 heavy (non-hydrogen) atoms. The van der Waals surface area contributed by atoms with Crippen molar-refractivity contribution in [2.75, 3.05) is 25.9 Å². The highest BCUT2D eigenvalue weighted by molar-refractivity contribution is 8.46. The fourth-order valence-electron chi connectivity index (χ4n) is 0.250. The first-order chi connectivity index (χ1) is 5.91. The van der Waals surface area contributed by atoms with E-state index in [-0.39, 0.29) is 0 Å². The fraction of sp³-hybridized carbons (Fsp3) is 0.800. The summed E-state index contributed by atoms with van der Waals surface area (Å²) in [4.78, 5) is 0. The van der Waals surface area contributed by atoms with E-state index in [0.29, 0.717) is 0 Å². The van der Waals surface area contributed by atoms with Crippen LogP contribution in [0.15, 0.2) is 0 Å². The van der Waals surface area contributed by atoms with Crippen molar-refractivity contribution in [2.45, 2.75) is 0 Å². The molecule has 0 aromatic carbocycles. The third kappa shape index (κ3) is 15.4. The van der Waals surface area contributed by atoms with Gasteiger partial charge in [0.15, 0.2) is 17.6 Å². The van der Waals surface area contributed by atoms with Gasteiger partial charge >= 0.3 is 0 Å². The van der Waals surface area contributed by atoms with Gasteiger partial charge in [-0.1, -0.05) is 23.5 Å². The largest absolute Gasteiger partial charge is 0.726 e. The van der Waals surface area contributed by atoms with E-state index in [4.69, 9.17) is 0 Å². The molecule has 0 radical (unpaired) electrons. The number of hydrogen-bond acceptors (Lipinski definition) is 6. The number of rotatable bonds is 1. The molecular weight excluding hydrogens is 252 g/mol. The maximum atomic E-state index is 9.22. The van der Waals surface area contributed by atoms with Gasteiger partial charge < -0.3 is 4.55 Å². The summed E-state index contributed by atoms with van der Waals surface area (Å²) in [6.07, 6.45) is 6.30. The van der Waals surface area contributed by atoms with Crippen molar-refractivity contribution < 1.29 is 17.2 Å². The van der Waals surface area contributed by atoms with E-state index in [1.807, 2.05) is 34.9 Å². The summed E-state index contributed by atoms with van der Waals surface area (Å²) in [5.74, 6) is 0. The van der Waals surface area contributed by atoms with Gasteiger partial charge in [0.25, 0.3) is 3.53 Å². The molecule has 0 aliphatic rings. The van der Waals surface area contributed by atoms with Crippen molar-refractivity contribution in [1.29, 1.82) is 0 Å². The Hall–Kier alpha value is 0.660. The minimum absolute atomic E-state index is 0.808. The maximum Gasteiger partial charge on any atom is 0.290 e. The lowest BCUT2D eigenvalue weighted by molar-refractivity contribution is 0.314. The molecule has 0 saturated heterocycles. The molecule has 4 nitrogen and oxygen atoms in total. The predicted octanol–water partition coefficient (Wildman–Crippen LogP) is 0.605. The normalized spacial score (nSPS) is 9.92. The first kappa shape index (κ1) is 16.1. The van der Waals surface area contributed by atoms with E-state index in [1.54, 1.807) is 0 Å². The lowest BCUT2D eigenvalue weighted by Crippen LogP contribution is -1.97. The van der Waals surface area contributed by atoms with Crippen LogP contribution in [0.4, 0.5) is 0 Å². The summed E-state index contributed by atoms with van der Waals surface area (Å²) in [5, 5.41) is 0. The summed E-state index contributed by atoms with van der Waals surface area (Å²) < 4.78 is 32.5. The topological polar surface area (TPSA) is 66.4 Å². The van der Waals surface area contributed by atoms with Crippen LogP contribution in [0.1, 0.15) is 0 Å². The summed E-state index contributed by atoms with van der Waals surface area (Å²) in [6, 6.07) is 0. The lowest BCUT2D eigenvalue weighted by Gasteiger charge is -1.98. The molecule has 0 saturated carbocycles. The molecule has 0 fully saturated rings. The number of hydrogen-bond donors (Lipinski definition) is 0. The molecule has 0 aliphatic heterocycles. The monoisotopic (exact) mass is 264 g/mol. The zero-order valence-corrected chi connectivity index (χ0v) is 11.0. The molecule has 0 heterocycles. The van der Waals surface area contributed by atoms with Crippen LogP contribution in [0.5, 0.6) is 0 Å². The Morgan fingerprint density at radius 3 is 1.69 bits per heavy atom. The van der Waals surface area contributed by atoms with Crippen molar-refractivity contribution >= 4 is 48.8 Å². The van der Waals surface area contributed by atoms with E-state index in [2.05, 4.69) is 23.0 Å². The standard InChI is InChI=1S/C4H9S3.CH4O4S/c1-5-4(6-2)7-3;1-5-6(2,3)4/h1-3H3;1H3,(H,2,3,4)/q+1;/p-1. The van der Waals surface area contributed by atoms with Gasteiger partial charge in [-0.15, -0.1) is 0 Å². The molecule has 0 N–H and O–H groups in total. The van der Waals surface area contributed by atoms with Crippen molar-refractivity contribution in [3.05, 3.63) is 0 Å². The molecule has 0 bridgehead atoms. The average Bonchev–Trinajstić information content (AvgIpc) is 2.07. The Morgan fingerprint density at radius 1 is 1.38 bits per heavy atom. The van der Waals surface area contributed by atoms with Crippen molar-refractivity contribution in [2.24, 2.45) is 0 Å². The van der Waals surface area contributed by atoms with Gasteiger partial charge in [0.2, 0.25) is 10.4 Å². The second-order valence-corrected chi connectivity index (χ2v) is 5.81. The van der Waals surface area contributed by atoms with E-state index < -0.39 is 10.4 Å². The van der Waals surface area contributed by atoms with E-state index in [1.165, 1.54) is 3.53 Å². The van der Waals surface area contributed by atoms with Crippen molar-refractivity contribution in [3.63, 3.8) is 0 Å². The molecule has 0 amide bonds. The molecule has 0 aromatic heterocycles. The first-order valence-electron chi connectivity index (χ1n) is 2.91. The van der Waals surface area contributed by atoms with Crippen LogP contribution in [0.2, 0.25) is 0 Å². The predicted molar refractivity (Wildman–Crippen MR) is 62.0 cm³/mol. The Balaban J connectivity index is 0. The van der Waals surface area contributed by atoms with Gasteiger partial charge in [-0.2, -0.15) is 0 Å². The summed E-state index contributed by atoms with van der Waals surface area (Å²) in [7, 11) is -3.60. The SMILES string of the molecule is COS(=O)(=O)[O-].CSC(SC)=[S+]C. The Labute approximate surface area is 91.7 Å². The Morgan fingerprint density at radius 2 is 1.69 bits per heavy atom. The zero-order valence-electron chi connectivity index (χ0n) is 7.77. The second-order valence-electron chi connectivity index (χ2n) is 1.44. The first-order valence-corrected chi connectivity index (χ1v) is 7.92. The Kier molecular flexibility index (Phi) is 11.4. The summed E-state index contributed by atoms with van der Waals surface area (Å²) in [6.45, 7) is 0. The van der Waals surface area contributed by atoms with Gasteiger partial charge in [-0.3, -0.25) is 4.18 Å². The van der Waals surface area contributed by atoms with Crippen LogP contribution < -0.4 is 0 Å². The molecule has 80 valence electrons. The molecule has 0 rings (SSSR count). The molecule has 0 spiro atoms. The molecule has 8 heteroatoms. The molecular formula is C5H12O4S4. The average molecular weight is 264 g/mol. The van der Waals surface area contributed by atoms with Gasteiger partial charge in [-0.25, -0.2) is 8.42 Å². The zero-order chi connectivity index (χ0) is 10.9. The molecule has 0 unspecified atom stereocenters. The van der Waals surface area contributed by atoms with Crippen molar-refractivity contribution in [1.82, 2.24) is 0 Å². The maximum absolute atomic E-state index is 9.22. The molecule has 0 atom stereocenters. The highest BCUT2D eigenvalue weighted by atomic mass is 32.3. The van der Waals surface area contributed by atoms with Crippen LogP contribution in [0.3, 0.4) is 0 Å². The van der Waals surface area contributed by atoms with Crippen LogP contribution in [-0.2, 0) is 25.9 Å². The van der Waals surface area contributed by atoms with E-state index in [0.717, 1.165) is 7.11 Å². The van der Waals surface area contributed by atoms with Crippen LogP contribution in [-0.4, -0.2) is 42.4 Å². The van der Waals surface area contributed by atoms with E-state index >= 15 is 0 Å². The molecule has 0 aliphatic carbocycles. The lowest BCUT2D eigenvalue weighted by atomic mass is 11.8. The minimum Gasteiger partial charge on any atom is -0.726 e. The fourth-order valence-corrected chi connectivity index (χ4v) is 2.25. The van der Waals surface area contributed by atoms with Gasteiger partial charge in [0.05, 0.1) is 7.11 Å². The third-order valence-corrected chi connectivity index (χ3v) is 5.11. The second kappa shape index (κ2) is 9.22. The third-order valence-electron chi connectivity index (χ3n) is 0.704. The van der Waals surface area contributed by atoms with Crippen LogP contribution in [0, 0.1) is 0 Å². The van der Waals surface area contributed by atoms with Crippen LogP contribution in [0.25, 0.3) is 0 Å². The minimum atomic E-state index is -4.41. The highest BCUT2D eigenvalue weighted by Gasteiger charge is 1.99. The molecule has 0 aromatic rings. The van der Waals surface area contributed by atoms with Gasteiger partial charge in [-0.05, 0) is 12.5 Å². The van der Waals surface area contributed by atoms with E-state index in [9.17, 15) is 13.0 Å². The smallest absolute Gasteiger partial charge is 0.290 e. The number of thioether (sulfide) groups is 2.